The monoisotopic (exact) mass is 335 g/mol. The molecule has 0 aliphatic heterocycles. The molecule has 1 saturated carbocycles. The van der Waals surface area contributed by atoms with Gasteiger partial charge in [-0.3, -0.25) is 4.79 Å². The number of benzene rings is 1. The first-order valence-electron chi connectivity index (χ1n) is 8.78. The minimum absolute atomic E-state index is 0.186. The van der Waals surface area contributed by atoms with Crippen molar-refractivity contribution >= 4 is 11.4 Å². The number of carbonyl (C=O) groups excluding carboxylic acids is 1. The van der Waals surface area contributed by atoms with Gasteiger partial charge in [0.2, 0.25) is 0 Å². The summed E-state index contributed by atoms with van der Waals surface area (Å²) in [4.78, 5) is 16.7. The van der Waals surface area contributed by atoms with Crippen molar-refractivity contribution in [3.63, 3.8) is 0 Å². The van der Waals surface area contributed by atoms with E-state index in [-0.39, 0.29) is 5.78 Å². The zero-order valence-electron chi connectivity index (χ0n) is 14.5. The number of Topliss-reactive ketones (excluding diaryl/α,β-unsaturated/α-hetero) is 1. The third-order valence-corrected chi connectivity index (χ3v) is 4.61. The van der Waals surface area contributed by atoms with Gasteiger partial charge in [-0.25, -0.2) is 9.50 Å². The van der Waals surface area contributed by atoms with Crippen LogP contribution in [-0.2, 0) is 0 Å². The van der Waals surface area contributed by atoms with Crippen LogP contribution in [0.4, 0.5) is 0 Å². The third-order valence-electron chi connectivity index (χ3n) is 4.61. The minimum atomic E-state index is 0.186. The third kappa shape index (κ3) is 2.90. The van der Waals surface area contributed by atoms with Crippen molar-refractivity contribution in [3.8, 4) is 17.0 Å². The van der Waals surface area contributed by atoms with E-state index in [4.69, 9.17) is 9.84 Å². The number of aromatic nitrogens is 3. The molecule has 128 valence electrons. The van der Waals surface area contributed by atoms with Crippen LogP contribution in [0.2, 0.25) is 0 Å². The standard InChI is InChI=1S/C20H21N3O2/c1-3-4-17(24)14-7-5-13(6-8-14)16-11-12-18(25-2)20-21-19(15-9-10-15)22-23(16)20/h5-8,11-12,15H,3-4,9-10H2,1-2H3. The van der Waals surface area contributed by atoms with Crippen molar-refractivity contribution < 1.29 is 9.53 Å². The first-order chi connectivity index (χ1) is 12.2. The molecule has 0 spiro atoms. The van der Waals surface area contributed by atoms with Gasteiger partial charge in [0.25, 0.3) is 0 Å². The topological polar surface area (TPSA) is 56.5 Å². The second-order valence-corrected chi connectivity index (χ2v) is 6.52. The zero-order valence-corrected chi connectivity index (χ0v) is 14.5. The number of rotatable bonds is 6. The van der Waals surface area contributed by atoms with Crippen molar-refractivity contribution in [2.24, 2.45) is 0 Å². The molecule has 0 atom stereocenters. The van der Waals surface area contributed by atoms with Gasteiger partial charge < -0.3 is 4.74 Å². The number of ketones is 1. The Morgan fingerprint density at radius 3 is 2.60 bits per heavy atom. The lowest BCUT2D eigenvalue weighted by Crippen LogP contribution is -1.99. The Hall–Kier alpha value is -2.69. The van der Waals surface area contributed by atoms with Gasteiger partial charge in [-0.05, 0) is 31.4 Å². The summed E-state index contributed by atoms with van der Waals surface area (Å²) in [7, 11) is 1.65. The average molecular weight is 335 g/mol. The SMILES string of the molecule is CCCC(=O)c1ccc(-c2ccc(OC)c3nc(C4CC4)nn23)cc1. The molecule has 5 nitrogen and oxygen atoms in total. The van der Waals surface area contributed by atoms with E-state index in [1.807, 2.05) is 47.8 Å². The molecule has 0 saturated heterocycles. The van der Waals surface area contributed by atoms with Gasteiger partial charge >= 0.3 is 0 Å². The van der Waals surface area contributed by atoms with Gasteiger partial charge in [-0.1, -0.05) is 31.2 Å². The molecule has 1 fully saturated rings. The van der Waals surface area contributed by atoms with Gasteiger partial charge in [0, 0.05) is 23.5 Å². The summed E-state index contributed by atoms with van der Waals surface area (Å²) >= 11 is 0. The second-order valence-electron chi connectivity index (χ2n) is 6.52. The molecule has 1 aromatic carbocycles. The fourth-order valence-corrected chi connectivity index (χ4v) is 3.05. The molecule has 2 heterocycles. The van der Waals surface area contributed by atoms with E-state index in [0.717, 1.165) is 53.3 Å². The van der Waals surface area contributed by atoms with Crippen LogP contribution in [0.25, 0.3) is 16.9 Å². The maximum atomic E-state index is 12.0. The first kappa shape index (κ1) is 15.8. The van der Waals surface area contributed by atoms with Crippen molar-refractivity contribution in [1.29, 1.82) is 0 Å². The molecular weight excluding hydrogens is 314 g/mol. The zero-order chi connectivity index (χ0) is 17.4. The van der Waals surface area contributed by atoms with Crippen LogP contribution in [0.3, 0.4) is 0 Å². The summed E-state index contributed by atoms with van der Waals surface area (Å²) in [6, 6.07) is 11.6. The lowest BCUT2D eigenvalue weighted by molar-refractivity contribution is 0.0982. The Morgan fingerprint density at radius 2 is 1.96 bits per heavy atom. The number of nitrogens with zero attached hydrogens (tertiary/aromatic N) is 3. The number of carbonyl (C=O) groups is 1. The highest BCUT2D eigenvalue weighted by Gasteiger charge is 2.29. The Bertz CT molecular complexity index is 924. The largest absolute Gasteiger partial charge is 0.493 e. The predicted octanol–water partition coefficient (Wildman–Crippen LogP) is 4.27. The van der Waals surface area contributed by atoms with Gasteiger partial charge in [0.15, 0.2) is 23.0 Å². The molecule has 3 aromatic rings. The number of ether oxygens (including phenoxy) is 1. The highest BCUT2D eigenvalue weighted by atomic mass is 16.5. The highest BCUT2D eigenvalue weighted by Crippen LogP contribution is 2.39. The van der Waals surface area contributed by atoms with Crippen molar-refractivity contribution in [1.82, 2.24) is 14.6 Å². The van der Waals surface area contributed by atoms with Crippen molar-refractivity contribution in [3.05, 3.63) is 47.8 Å². The van der Waals surface area contributed by atoms with E-state index >= 15 is 0 Å². The molecule has 4 rings (SSSR count). The number of fused-ring (bicyclic) bond motifs is 1. The predicted molar refractivity (Wildman–Crippen MR) is 96.2 cm³/mol. The smallest absolute Gasteiger partial charge is 0.198 e. The summed E-state index contributed by atoms with van der Waals surface area (Å²) in [6.45, 7) is 2.02. The number of hydrogen-bond donors (Lipinski definition) is 0. The fourth-order valence-electron chi connectivity index (χ4n) is 3.05. The van der Waals surface area contributed by atoms with Crippen molar-refractivity contribution in [2.75, 3.05) is 7.11 Å². The van der Waals surface area contributed by atoms with Crippen LogP contribution in [0.1, 0.15) is 54.7 Å². The molecule has 1 aliphatic carbocycles. The van der Waals surface area contributed by atoms with Gasteiger partial charge in [-0.15, -0.1) is 0 Å². The van der Waals surface area contributed by atoms with Crippen LogP contribution in [0.5, 0.6) is 5.75 Å². The second kappa shape index (κ2) is 6.31. The van der Waals surface area contributed by atoms with Crippen molar-refractivity contribution in [2.45, 2.75) is 38.5 Å². The summed E-state index contributed by atoms with van der Waals surface area (Å²) in [6.07, 6.45) is 3.76. The lowest BCUT2D eigenvalue weighted by Gasteiger charge is -2.08. The molecule has 0 unspecified atom stereocenters. The van der Waals surface area contributed by atoms with E-state index in [2.05, 4.69) is 4.98 Å². The average Bonchev–Trinajstić information content (AvgIpc) is 3.39. The molecule has 2 aromatic heterocycles. The van der Waals surface area contributed by atoms with Gasteiger partial charge in [-0.2, -0.15) is 5.10 Å². The van der Waals surface area contributed by atoms with Crippen LogP contribution in [0.15, 0.2) is 36.4 Å². The molecule has 5 heteroatoms. The minimum Gasteiger partial charge on any atom is -0.493 e. The molecule has 0 radical (unpaired) electrons. The summed E-state index contributed by atoms with van der Waals surface area (Å²) in [5.74, 6) is 2.27. The maximum absolute atomic E-state index is 12.0. The van der Waals surface area contributed by atoms with E-state index in [0.29, 0.717) is 12.3 Å². The number of pyridine rings is 1. The summed E-state index contributed by atoms with van der Waals surface area (Å²) in [5.41, 5.74) is 3.46. The van der Waals surface area contributed by atoms with Crippen LogP contribution < -0.4 is 4.74 Å². The van der Waals surface area contributed by atoms with Crippen LogP contribution >= 0.6 is 0 Å². The fraction of sp³-hybridized carbons (Fsp3) is 0.350. The molecule has 0 amide bonds. The Kier molecular flexibility index (Phi) is 3.99. The van der Waals surface area contributed by atoms with E-state index in [1.165, 1.54) is 0 Å². The summed E-state index contributed by atoms with van der Waals surface area (Å²) in [5, 5.41) is 4.71. The normalized spacial score (nSPS) is 14.0. The Labute approximate surface area is 146 Å². The highest BCUT2D eigenvalue weighted by molar-refractivity contribution is 5.96. The number of methoxy groups -OCH3 is 1. The molecule has 25 heavy (non-hydrogen) atoms. The lowest BCUT2D eigenvalue weighted by atomic mass is 10.0. The van der Waals surface area contributed by atoms with Gasteiger partial charge in [0.05, 0.1) is 12.8 Å². The molecule has 1 aliphatic rings. The Morgan fingerprint density at radius 1 is 1.20 bits per heavy atom. The number of hydrogen-bond acceptors (Lipinski definition) is 4. The van der Waals surface area contributed by atoms with E-state index in [9.17, 15) is 4.79 Å². The molecular formula is C20H21N3O2. The quantitative estimate of drug-likeness (QED) is 0.631. The molecule has 0 bridgehead atoms. The summed E-state index contributed by atoms with van der Waals surface area (Å²) < 4.78 is 7.30. The first-order valence-corrected chi connectivity index (χ1v) is 8.78. The van der Waals surface area contributed by atoms with Crippen LogP contribution in [0, 0.1) is 0 Å². The van der Waals surface area contributed by atoms with Gasteiger partial charge in [0.1, 0.15) is 0 Å². The van der Waals surface area contributed by atoms with E-state index in [1.54, 1.807) is 7.11 Å². The van der Waals surface area contributed by atoms with Crippen LogP contribution in [-0.4, -0.2) is 27.5 Å². The molecule has 0 N–H and O–H groups in total. The van der Waals surface area contributed by atoms with E-state index < -0.39 is 0 Å². The maximum Gasteiger partial charge on any atom is 0.198 e. The Balaban J connectivity index is 1.77.